The lowest BCUT2D eigenvalue weighted by molar-refractivity contribution is -0.124. The Morgan fingerprint density at radius 3 is 1.78 bits per heavy atom. The van der Waals surface area contributed by atoms with E-state index in [0.29, 0.717) is 6.42 Å². The summed E-state index contributed by atoms with van der Waals surface area (Å²) in [5, 5.41) is 32.7. The predicted octanol–water partition coefficient (Wildman–Crippen LogP) is 7.14. The van der Waals surface area contributed by atoms with Crippen molar-refractivity contribution in [2.45, 2.75) is 161 Å². The molecule has 5 heteroatoms. The van der Waals surface area contributed by atoms with Gasteiger partial charge in [-0.3, -0.25) is 4.79 Å². The van der Waals surface area contributed by atoms with Crippen molar-refractivity contribution in [1.29, 1.82) is 0 Å². The van der Waals surface area contributed by atoms with Gasteiger partial charge in [-0.05, 0) is 38.5 Å². The minimum Gasteiger partial charge on any atom is -0.394 e. The third-order valence-electron chi connectivity index (χ3n) is 6.73. The quantitative estimate of drug-likeness (QED) is 0.0737. The highest BCUT2D eigenvalue weighted by atomic mass is 16.3. The van der Waals surface area contributed by atoms with Gasteiger partial charge in [0.05, 0.1) is 31.3 Å². The summed E-state index contributed by atoms with van der Waals surface area (Å²) in [6, 6.07) is -0.742. The Hall–Kier alpha value is -1.17. The van der Waals surface area contributed by atoms with Gasteiger partial charge >= 0.3 is 0 Å². The van der Waals surface area contributed by atoms with E-state index < -0.39 is 18.2 Å². The molecular weight excluding hydrogens is 450 g/mol. The Morgan fingerprint density at radius 1 is 0.694 bits per heavy atom. The van der Waals surface area contributed by atoms with Crippen molar-refractivity contribution in [3.8, 4) is 0 Å². The Bertz CT molecular complexity index is 535. The second-order valence-corrected chi connectivity index (χ2v) is 10.4. The highest BCUT2D eigenvalue weighted by Gasteiger charge is 2.20. The van der Waals surface area contributed by atoms with Gasteiger partial charge in [0.1, 0.15) is 0 Å². The molecule has 36 heavy (non-hydrogen) atoms. The van der Waals surface area contributed by atoms with Crippen LogP contribution in [0.4, 0.5) is 0 Å². The summed E-state index contributed by atoms with van der Waals surface area (Å²) in [6.07, 6.45) is 28.7. The van der Waals surface area contributed by atoms with Crippen LogP contribution in [0.15, 0.2) is 24.3 Å². The number of aliphatic hydroxyl groups excluding tert-OH is 3. The van der Waals surface area contributed by atoms with E-state index in [-0.39, 0.29) is 18.9 Å². The molecule has 0 rings (SSSR count). The first-order chi connectivity index (χ1) is 17.5. The average molecular weight is 510 g/mol. The fourth-order valence-electron chi connectivity index (χ4n) is 4.32. The first kappa shape index (κ1) is 34.8. The molecule has 0 heterocycles. The lowest BCUT2D eigenvalue weighted by atomic mass is 10.0. The van der Waals surface area contributed by atoms with Crippen LogP contribution >= 0.6 is 0 Å². The minimum atomic E-state index is -0.926. The molecule has 4 N–H and O–H groups in total. The largest absolute Gasteiger partial charge is 0.394 e. The highest BCUT2D eigenvalue weighted by molar-refractivity contribution is 5.76. The molecule has 3 unspecified atom stereocenters. The summed E-state index contributed by atoms with van der Waals surface area (Å²) >= 11 is 0. The van der Waals surface area contributed by atoms with Gasteiger partial charge in [0, 0.05) is 0 Å². The molecule has 0 aliphatic carbocycles. The minimum absolute atomic E-state index is 0.00244. The third-order valence-corrected chi connectivity index (χ3v) is 6.73. The molecule has 0 aromatic carbocycles. The van der Waals surface area contributed by atoms with Crippen molar-refractivity contribution in [2.24, 2.45) is 0 Å². The van der Waals surface area contributed by atoms with Crippen LogP contribution in [0.5, 0.6) is 0 Å². The van der Waals surface area contributed by atoms with Gasteiger partial charge in [-0.1, -0.05) is 122 Å². The highest BCUT2D eigenvalue weighted by Crippen LogP contribution is 2.12. The van der Waals surface area contributed by atoms with Crippen molar-refractivity contribution in [1.82, 2.24) is 5.32 Å². The molecule has 0 aromatic heterocycles. The maximum Gasteiger partial charge on any atom is 0.222 e. The maximum atomic E-state index is 12.2. The average Bonchev–Trinajstić information content (AvgIpc) is 2.86. The molecule has 0 aliphatic rings. The number of hydrogen-bond acceptors (Lipinski definition) is 4. The molecule has 0 fully saturated rings. The van der Waals surface area contributed by atoms with Crippen LogP contribution in [0, 0.1) is 0 Å². The molecule has 0 aliphatic heterocycles. The molecule has 0 aromatic rings. The number of nitrogens with one attached hydrogen (secondary N) is 1. The second kappa shape index (κ2) is 26.9. The zero-order valence-corrected chi connectivity index (χ0v) is 23.6. The SMILES string of the molecule is CCCC/C=C\CCCCCC(O)CC(=O)NC(CO)C(O)/C=C/CCCCCCCCCCCC. The maximum absolute atomic E-state index is 12.2. The van der Waals surface area contributed by atoms with Crippen LogP contribution in [0.1, 0.15) is 142 Å². The van der Waals surface area contributed by atoms with Crippen LogP contribution in [-0.4, -0.2) is 46.1 Å². The number of aliphatic hydroxyl groups is 3. The Morgan fingerprint density at radius 2 is 1.19 bits per heavy atom. The fraction of sp³-hybridized carbons (Fsp3) is 0.839. The van der Waals surface area contributed by atoms with Gasteiger partial charge < -0.3 is 20.6 Å². The van der Waals surface area contributed by atoms with Crippen molar-refractivity contribution >= 4 is 5.91 Å². The van der Waals surface area contributed by atoms with E-state index in [1.807, 2.05) is 6.08 Å². The number of allylic oxidation sites excluding steroid dienone is 3. The number of carbonyl (C=O) groups excluding carboxylic acids is 1. The van der Waals surface area contributed by atoms with E-state index >= 15 is 0 Å². The first-order valence-electron chi connectivity index (χ1n) is 15.1. The van der Waals surface area contributed by atoms with Gasteiger partial charge in [-0.15, -0.1) is 0 Å². The molecule has 0 radical (unpaired) electrons. The molecule has 0 saturated heterocycles. The summed E-state index contributed by atoms with van der Waals surface area (Å²) in [5.74, 6) is -0.331. The van der Waals surface area contributed by atoms with Crippen molar-refractivity contribution in [3.05, 3.63) is 24.3 Å². The number of unbranched alkanes of at least 4 members (excludes halogenated alkanes) is 15. The van der Waals surface area contributed by atoms with Gasteiger partial charge in [0.15, 0.2) is 0 Å². The predicted molar refractivity (Wildman–Crippen MR) is 153 cm³/mol. The summed E-state index contributed by atoms with van der Waals surface area (Å²) in [6.45, 7) is 4.11. The van der Waals surface area contributed by atoms with E-state index in [0.717, 1.165) is 44.9 Å². The van der Waals surface area contributed by atoms with Crippen molar-refractivity contribution in [3.63, 3.8) is 0 Å². The van der Waals surface area contributed by atoms with E-state index in [1.165, 1.54) is 70.6 Å². The monoisotopic (exact) mass is 509 g/mol. The molecule has 0 bridgehead atoms. The van der Waals surface area contributed by atoms with E-state index in [1.54, 1.807) is 6.08 Å². The van der Waals surface area contributed by atoms with Crippen LogP contribution < -0.4 is 5.32 Å². The van der Waals surface area contributed by atoms with Crippen LogP contribution in [0.2, 0.25) is 0 Å². The van der Waals surface area contributed by atoms with Gasteiger partial charge in [-0.2, -0.15) is 0 Å². The molecule has 3 atom stereocenters. The van der Waals surface area contributed by atoms with E-state index in [4.69, 9.17) is 0 Å². The van der Waals surface area contributed by atoms with Gasteiger partial charge in [0.25, 0.3) is 0 Å². The van der Waals surface area contributed by atoms with Crippen molar-refractivity contribution < 1.29 is 20.1 Å². The second-order valence-electron chi connectivity index (χ2n) is 10.4. The standard InChI is InChI=1S/C31H59NO4/c1-3-5-7-9-11-13-14-15-17-19-21-23-25-30(35)29(27-33)32-31(36)26-28(34)24-22-20-18-16-12-10-8-6-4-2/h10,12,23,25,28-30,33-35H,3-9,11,13-22,24,26-27H2,1-2H3,(H,32,36)/b12-10-,25-23+. The lowest BCUT2D eigenvalue weighted by Gasteiger charge is -2.21. The number of carbonyl (C=O) groups is 1. The van der Waals surface area contributed by atoms with Crippen molar-refractivity contribution in [2.75, 3.05) is 6.61 Å². The molecule has 0 spiro atoms. The van der Waals surface area contributed by atoms with E-state index in [9.17, 15) is 20.1 Å². The first-order valence-corrected chi connectivity index (χ1v) is 15.1. The molecule has 212 valence electrons. The Balaban J connectivity index is 3.86. The zero-order valence-electron chi connectivity index (χ0n) is 23.6. The Labute approximate surface area is 222 Å². The normalized spacial score (nSPS) is 14.5. The fourth-order valence-corrected chi connectivity index (χ4v) is 4.32. The topological polar surface area (TPSA) is 89.8 Å². The molecular formula is C31H59NO4. The van der Waals surface area contributed by atoms with Crippen LogP contribution in [0.25, 0.3) is 0 Å². The third kappa shape index (κ3) is 23.2. The van der Waals surface area contributed by atoms with Crippen LogP contribution in [0.3, 0.4) is 0 Å². The van der Waals surface area contributed by atoms with E-state index in [2.05, 4.69) is 31.3 Å². The zero-order chi connectivity index (χ0) is 26.7. The Kier molecular flexibility index (Phi) is 26.0. The molecule has 5 nitrogen and oxygen atoms in total. The number of rotatable bonds is 26. The number of amides is 1. The summed E-state index contributed by atoms with van der Waals surface area (Å²) in [7, 11) is 0. The summed E-state index contributed by atoms with van der Waals surface area (Å²) < 4.78 is 0. The van der Waals surface area contributed by atoms with Gasteiger partial charge in [-0.25, -0.2) is 0 Å². The number of hydrogen-bond donors (Lipinski definition) is 4. The molecule has 1 amide bonds. The smallest absolute Gasteiger partial charge is 0.222 e. The van der Waals surface area contributed by atoms with Crippen LogP contribution in [-0.2, 0) is 4.79 Å². The summed E-state index contributed by atoms with van der Waals surface area (Å²) in [4.78, 5) is 12.2. The van der Waals surface area contributed by atoms with Gasteiger partial charge in [0.2, 0.25) is 5.91 Å². The lowest BCUT2D eigenvalue weighted by Crippen LogP contribution is -2.45. The molecule has 0 saturated carbocycles. The summed E-state index contributed by atoms with van der Waals surface area (Å²) in [5.41, 5.74) is 0.